The number of nitrogens with one attached hydrogen (secondary N) is 1. The van der Waals surface area contributed by atoms with Crippen LogP contribution in [0.1, 0.15) is 10.4 Å². The van der Waals surface area contributed by atoms with Crippen molar-refractivity contribution in [3.63, 3.8) is 0 Å². The number of pyridine rings is 1. The van der Waals surface area contributed by atoms with Gasteiger partial charge in [-0.1, -0.05) is 12.1 Å². The van der Waals surface area contributed by atoms with Crippen LogP contribution in [0.15, 0.2) is 67.1 Å². The molecule has 116 valence electrons. The molecule has 0 bridgehead atoms. The molecule has 1 N–H and O–H groups in total. The van der Waals surface area contributed by atoms with Crippen LogP contribution in [0.25, 0.3) is 16.6 Å². The number of tetrazole rings is 1. The fourth-order valence-corrected chi connectivity index (χ4v) is 2.48. The monoisotopic (exact) mass is 316 g/mol. The van der Waals surface area contributed by atoms with Gasteiger partial charge in [-0.2, -0.15) is 0 Å². The Hall–Kier alpha value is -3.61. The van der Waals surface area contributed by atoms with Gasteiger partial charge in [0.15, 0.2) is 0 Å². The largest absolute Gasteiger partial charge is 0.321 e. The molecule has 2 aromatic carbocycles. The van der Waals surface area contributed by atoms with E-state index in [0.717, 1.165) is 16.6 Å². The van der Waals surface area contributed by atoms with Gasteiger partial charge >= 0.3 is 0 Å². The van der Waals surface area contributed by atoms with Crippen LogP contribution in [0, 0.1) is 0 Å². The highest BCUT2D eigenvalue weighted by Crippen LogP contribution is 2.22. The van der Waals surface area contributed by atoms with Crippen LogP contribution >= 0.6 is 0 Å². The lowest BCUT2D eigenvalue weighted by Gasteiger charge is -2.09. The SMILES string of the molecule is O=C(Nc1cccc2ncccc12)c1cccc(-n2cnnn2)c1. The van der Waals surface area contributed by atoms with Crippen molar-refractivity contribution in [2.24, 2.45) is 0 Å². The van der Waals surface area contributed by atoms with Gasteiger partial charge in [0.25, 0.3) is 5.91 Å². The van der Waals surface area contributed by atoms with Crippen molar-refractivity contribution < 1.29 is 4.79 Å². The third-order valence-electron chi connectivity index (χ3n) is 3.62. The summed E-state index contributed by atoms with van der Waals surface area (Å²) in [5.74, 6) is -0.207. The smallest absolute Gasteiger partial charge is 0.255 e. The second-order valence-corrected chi connectivity index (χ2v) is 5.13. The van der Waals surface area contributed by atoms with E-state index in [9.17, 15) is 4.79 Å². The highest BCUT2D eigenvalue weighted by Gasteiger charge is 2.10. The van der Waals surface area contributed by atoms with Crippen molar-refractivity contribution in [3.8, 4) is 5.69 Å². The Morgan fingerprint density at radius 2 is 1.96 bits per heavy atom. The minimum atomic E-state index is -0.207. The number of anilines is 1. The molecule has 0 spiro atoms. The summed E-state index contributed by atoms with van der Waals surface area (Å²) in [4.78, 5) is 16.9. The Bertz CT molecular complexity index is 1010. The maximum absolute atomic E-state index is 12.6. The summed E-state index contributed by atoms with van der Waals surface area (Å²) in [6, 6.07) is 16.5. The van der Waals surface area contributed by atoms with Crippen LogP contribution in [0.5, 0.6) is 0 Å². The normalized spacial score (nSPS) is 10.7. The van der Waals surface area contributed by atoms with Gasteiger partial charge in [-0.15, -0.1) is 5.10 Å². The topological polar surface area (TPSA) is 85.6 Å². The van der Waals surface area contributed by atoms with Gasteiger partial charge in [0.2, 0.25) is 0 Å². The van der Waals surface area contributed by atoms with Crippen molar-refractivity contribution in [2.45, 2.75) is 0 Å². The molecule has 24 heavy (non-hydrogen) atoms. The number of amides is 1. The van der Waals surface area contributed by atoms with E-state index in [1.165, 1.54) is 11.0 Å². The number of rotatable bonds is 3. The number of aromatic nitrogens is 5. The Morgan fingerprint density at radius 1 is 1.04 bits per heavy atom. The van der Waals surface area contributed by atoms with Crippen LogP contribution < -0.4 is 5.32 Å². The molecule has 7 heteroatoms. The van der Waals surface area contributed by atoms with Crippen molar-refractivity contribution in [2.75, 3.05) is 5.32 Å². The summed E-state index contributed by atoms with van der Waals surface area (Å²) in [6.45, 7) is 0. The molecule has 0 aliphatic heterocycles. The van der Waals surface area contributed by atoms with Gasteiger partial charge in [-0.25, -0.2) is 4.68 Å². The molecule has 4 aromatic rings. The molecular weight excluding hydrogens is 304 g/mol. The van der Waals surface area contributed by atoms with E-state index < -0.39 is 0 Å². The molecule has 2 heterocycles. The van der Waals surface area contributed by atoms with Crippen molar-refractivity contribution in [1.29, 1.82) is 0 Å². The molecule has 0 unspecified atom stereocenters. The molecule has 0 radical (unpaired) electrons. The number of fused-ring (bicyclic) bond motifs is 1. The molecule has 0 saturated carbocycles. The first-order valence-corrected chi connectivity index (χ1v) is 7.30. The fraction of sp³-hybridized carbons (Fsp3) is 0. The van der Waals surface area contributed by atoms with Crippen LogP contribution in [0.2, 0.25) is 0 Å². The number of hydrogen-bond acceptors (Lipinski definition) is 5. The van der Waals surface area contributed by atoms with Gasteiger partial charge in [0.05, 0.1) is 16.9 Å². The molecule has 0 fully saturated rings. The average Bonchev–Trinajstić information content (AvgIpc) is 3.17. The van der Waals surface area contributed by atoms with Gasteiger partial charge in [0, 0.05) is 17.1 Å². The van der Waals surface area contributed by atoms with Crippen LogP contribution in [0.3, 0.4) is 0 Å². The van der Waals surface area contributed by atoms with Crippen LogP contribution in [-0.2, 0) is 0 Å². The Kier molecular flexibility index (Phi) is 3.43. The maximum Gasteiger partial charge on any atom is 0.255 e. The first kappa shape index (κ1) is 14.0. The zero-order chi connectivity index (χ0) is 16.4. The summed E-state index contributed by atoms with van der Waals surface area (Å²) in [7, 11) is 0. The number of hydrogen-bond donors (Lipinski definition) is 1. The highest BCUT2D eigenvalue weighted by molar-refractivity contribution is 6.08. The standard InChI is InChI=1S/C17H12N6O/c24-17(12-4-1-5-13(10-12)23-11-19-21-22-23)20-16-8-2-7-15-14(16)6-3-9-18-15/h1-11H,(H,20,24). The van der Waals surface area contributed by atoms with Gasteiger partial charge < -0.3 is 5.32 Å². The summed E-state index contributed by atoms with van der Waals surface area (Å²) < 4.78 is 1.50. The van der Waals surface area contributed by atoms with Crippen molar-refractivity contribution >= 4 is 22.5 Å². The summed E-state index contributed by atoms with van der Waals surface area (Å²) in [5.41, 5.74) is 2.78. The van der Waals surface area contributed by atoms with E-state index >= 15 is 0 Å². The lowest BCUT2D eigenvalue weighted by atomic mass is 10.1. The third-order valence-corrected chi connectivity index (χ3v) is 3.62. The van der Waals surface area contributed by atoms with Gasteiger partial charge in [-0.3, -0.25) is 9.78 Å². The molecular formula is C17H12N6O. The van der Waals surface area contributed by atoms with E-state index in [-0.39, 0.29) is 5.91 Å². The third kappa shape index (κ3) is 2.58. The van der Waals surface area contributed by atoms with E-state index in [1.54, 1.807) is 24.4 Å². The van der Waals surface area contributed by atoms with Gasteiger partial charge in [0.1, 0.15) is 6.33 Å². The second kappa shape index (κ2) is 5.88. The quantitative estimate of drug-likeness (QED) is 0.627. The number of nitrogens with zero attached hydrogens (tertiary/aromatic N) is 5. The van der Waals surface area contributed by atoms with Crippen molar-refractivity contribution in [1.82, 2.24) is 25.2 Å². The van der Waals surface area contributed by atoms with E-state index in [4.69, 9.17) is 0 Å². The minimum Gasteiger partial charge on any atom is -0.321 e. The molecule has 1 amide bonds. The summed E-state index contributed by atoms with van der Waals surface area (Å²) in [5, 5.41) is 14.9. The molecule has 4 rings (SSSR count). The first-order chi connectivity index (χ1) is 11.8. The lowest BCUT2D eigenvalue weighted by Crippen LogP contribution is -2.12. The molecule has 0 atom stereocenters. The van der Waals surface area contributed by atoms with Crippen LogP contribution in [0.4, 0.5) is 5.69 Å². The number of benzene rings is 2. The van der Waals surface area contributed by atoms with E-state index in [2.05, 4.69) is 25.8 Å². The molecule has 7 nitrogen and oxygen atoms in total. The number of carbonyl (C=O) groups excluding carboxylic acids is 1. The first-order valence-electron chi connectivity index (χ1n) is 7.30. The average molecular weight is 316 g/mol. The molecule has 2 aromatic heterocycles. The zero-order valence-corrected chi connectivity index (χ0v) is 12.5. The molecule has 0 aliphatic carbocycles. The maximum atomic E-state index is 12.6. The van der Waals surface area contributed by atoms with Crippen LogP contribution in [-0.4, -0.2) is 31.1 Å². The predicted molar refractivity (Wildman–Crippen MR) is 88.9 cm³/mol. The highest BCUT2D eigenvalue weighted by atomic mass is 16.1. The fourth-order valence-electron chi connectivity index (χ4n) is 2.48. The van der Waals surface area contributed by atoms with E-state index in [1.807, 2.05) is 36.4 Å². The van der Waals surface area contributed by atoms with E-state index in [0.29, 0.717) is 11.3 Å². The Labute approximate surface area is 137 Å². The minimum absolute atomic E-state index is 0.207. The predicted octanol–water partition coefficient (Wildman–Crippen LogP) is 2.46. The molecule has 0 aliphatic rings. The zero-order valence-electron chi connectivity index (χ0n) is 12.5. The number of carbonyl (C=O) groups is 1. The summed E-state index contributed by atoms with van der Waals surface area (Å²) >= 11 is 0. The molecule has 0 saturated heterocycles. The van der Waals surface area contributed by atoms with Gasteiger partial charge in [-0.05, 0) is 52.9 Å². The van der Waals surface area contributed by atoms with Crippen molar-refractivity contribution in [3.05, 3.63) is 72.7 Å². The Morgan fingerprint density at radius 3 is 2.83 bits per heavy atom. The summed E-state index contributed by atoms with van der Waals surface area (Å²) in [6.07, 6.45) is 3.21. The lowest BCUT2D eigenvalue weighted by molar-refractivity contribution is 0.102. The second-order valence-electron chi connectivity index (χ2n) is 5.13. The Balaban J connectivity index is 1.66.